The first-order valence-electron chi connectivity index (χ1n) is 5.46. The van der Waals surface area contributed by atoms with Gasteiger partial charge in [0.05, 0.1) is 12.2 Å². The molecule has 0 aromatic carbocycles. The lowest BCUT2D eigenvalue weighted by Crippen LogP contribution is -2.32. The Kier molecular flexibility index (Phi) is 2.40. The van der Waals surface area contributed by atoms with E-state index in [9.17, 15) is 4.79 Å². The Morgan fingerprint density at radius 1 is 1.62 bits per heavy atom. The summed E-state index contributed by atoms with van der Waals surface area (Å²) in [4.78, 5) is 11.0. The Bertz CT molecular complexity index is 417. The average molecular weight is 223 g/mol. The van der Waals surface area contributed by atoms with Gasteiger partial charge in [-0.3, -0.25) is 0 Å². The second-order valence-corrected chi connectivity index (χ2v) is 5.25. The minimum absolute atomic E-state index is 0.0820. The molecular formula is C11H17N3O2. The Morgan fingerprint density at radius 2 is 2.31 bits per heavy atom. The quantitative estimate of drug-likeness (QED) is 0.764. The molecule has 0 amide bonds. The zero-order valence-corrected chi connectivity index (χ0v) is 9.82. The molecule has 2 heterocycles. The largest absolute Gasteiger partial charge is 0.477 e. The Morgan fingerprint density at radius 3 is 2.88 bits per heavy atom. The van der Waals surface area contributed by atoms with Crippen molar-refractivity contribution in [2.24, 2.45) is 5.41 Å². The molecule has 1 aromatic heterocycles. The van der Waals surface area contributed by atoms with Crippen LogP contribution in [0.15, 0.2) is 6.20 Å². The minimum Gasteiger partial charge on any atom is -0.477 e. The lowest BCUT2D eigenvalue weighted by Gasteiger charge is -2.35. The number of aromatic nitrogens is 2. The summed E-state index contributed by atoms with van der Waals surface area (Å²) in [6.07, 6.45) is 2.39. The van der Waals surface area contributed by atoms with Gasteiger partial charge in [0, 0.05) is 6.54 Å². The van der Waals surface area contributed by atoms with Gasteiger partial charge in [-0.25, -0.2) is 9.48 Å². The van der Waals surface area contributed by atoms with E-state index in [1.54, 1.807) is 0 Å². The summed E-state index contributed by atoms with van der Waals surface area (Å²) in [6.45, 7) is 7.24. The molecule has 0 saturated heterocycles. The van der Waals surface area contributed by atoms with Crippen LogP contribution in [0.3, 0.4) is 0 Å². The van der Waals surface area contributed by atoms with Crippen molar-refractivity contribution < 1.29 is 9.90 Å². The van der Waals surface area contributed by atoms with E-state index in [0.29, 0.717) is 5.82 Å². The van der Waals surface area contributed by atoms with Gasteiger partial charge in [0.25, 0.3) is 0 Å². The maximum atomic E-state index is 11.0. The highest BCUT2D eigenvalue weighted by Crippen LogP contribution is 2.38. The van der Waals surface area contributed by atoms with E-state index >= 15 is 0 Å². The van der Waals surface area contributed by atoms with Crippen LogP contribution in [0, 0.1) is 5.41 Å². The van der Waals surface area contributed by atoms with E-state index in [1.807, 2.05) is 4.68 Å². The molecule has 5 heteroatoms. The molecule has 2 rings (SSSR count). The van der Waals surface area contributed by atoms with Crippen LogP contribution >= 0.6 is 0 Å². The first kappa shape index (κ1) is 11.0. The van der Waals surface area contributed by atoms with Crippen LogP contribution in [0.2, 0.25) is 0 Å². The monoisotopic (exact) mass is 223 g/mol. The molecule has 1 aliphatic heterocycles. The summed E-state index contributed by atoms with van der Waals surface area (Å²) < 4.78 is 1.81. The fourth-order valence-corrected chi connectivity index (χ4v) is 2.18. The SMILES string of the molecule is CC(C)(C)C1CCNc2c(C(=O)O)cnn21. The molecule has 16 heavy (non-hydrogen) atoms. The number of carboxylic acids is 1. The fourth-order valence-electron chi connectivity index (χ4n) is 2.18. The van der Waals surface area contributed by atoms with E-state index in [2.05, 4.69) is 31.2 Å². The van der Waals surface area contributed by atoms with Crippen molar-refractivity contribution in [2.45, 2.75) is 33.2 Å². The van der Waals surface area contributed by atoms with Gasteiger partial charge in [-0.2, -0.15) is 5.10 Å². The highest BCUT2D eigenvalue weighted by molar-refractivity contribution is 5.93. The molecule has 1 aromatic rings. The number of rotatable bonds is 1. The third-order valence-corrected chi connectivity index (χ3v) is 3.03. The number of hydrogen-bond acceptors (Lipinski definition) is 3. The Hall–Kier alpha value is -1.52. The van der Waals surface area contributed by atoms with Crippen molar-refractivity contribution >= 4 is 11.8 Å². The van der Waals surface area contributed by atoms with Crippen LogP contribution in [0.5, 0.6) is 0 Å². The number of nitrogens with one attached hydrogen (secondary N) is 1. The fraction of sp³-hybridized carbons (Fsp3) is 0.636. The minimum atomic E-state index is -0.927. The third kappa shape index (κ3) is 1.66. The lowest BCUT2D eigenvalue weighted by molar-refractivity contribution is 0.0697. The number of carboxylic acid groups (broad SMARTS) is 1. The van der Waals surface area contributed by atoms with Gasteiger partial charge in [0.1, 0.15) is 11.4 Å². The van der Waals surface area contributed by atoms with Crippen LogP contribution in [-0.4, -0.2) is 27.4 Å². The maximum Gasteiger partial charge on any atom is 0.341 e. The van der Waals surface area contributed by atoms with E-state index in [0.717, 1.165) is 13.0 Å². The molecule has 0 saturated carbocycles. The zero-order chi connectivity index (χ0) is 11.9. The lowest BCUT2D eigenvalue weighted by atomic mass is 9.84. The zero-order valence-electron chi connectivity index (χ0n) is 9.82. The summed E-state index contributed by atoms with van der Waals surface area (Å²) in [5, 5.41) is 16.3. The van der Waals surface area contributed by atoms with Gasteiger partial charge in [0.15, 0.2) is 0 Å². The van der Waals surface area contributed by atoms with Gasteiger partial charge in [-0.15, -0.1) is 0 Å². The van der Waals surface area contributed by atoms with E-state index in [1.165, 1.54) is 6.20 Å². The van der Waals surface area contributed by atoms with Crippen molar-refractivity contribution in [3.8, 4) is 0 Å². The van der Waals surface area contributed by atoms with Crippen LogP contribution < -0.4 is 5.32 Å². The van der Waals surface area contributed by atoms with Gasteiger partial charge < -0.3 is 10.4 Å². The molecule has 0 aliphatic carbocycles. The summed E-state index contributed by atoms with van der Waals surface area (Å²) >= 11 is 0. The molecular weight excluding hydrogens is 206 g/mol. The van der Waals surface area contributed by atoms with Crippen molar-refractivity contribution in [1.82, 2.24) is 9.78 Å². The van der Waals surface area contributed by atoms with E-state index in [4.69, 9.17) is 5.11 Å². The first-order valence-corrected chi connectivity index (χ1v) is 5.46. The van der Waals surface area contributed by atoms with Crippen LogP contribution in [0.4, 0.5) is 5.82 Å². The van der Waals surface area contributed by atoms with E-state index in [-0.39, 0.29) is 17.0 Å². The van der Waals surface area contributed by atoms with Crippen molar-refractivity contribution in [2.75, 3.05) is 11.9 Å². The number of nitrogens with zero attached hydrogens (tertiary/aromatic N) is 2. The number of anilines is 1. The van der Waals surface area contributed by atoms with Gasteiger partial charge in [-0.1, -0.05) is 20.8 Å². The first-order chi connectivity index (χ1) is 7.41. The molecule has 0 spiro atoms. The normalized spacial score (nSPS) is 20.1. The molecule has 0 radical (unpaired) electrons. The van der Waals surface area contributed by atoms with Crippen LogP contribution in [-0.2, 0) is 0 Å². The van der Waals surface area contributed by atoms with Gasteiger partial charge in [0.2, 0.25) is 0 Å². The molecule has 1 atom stereocenters. The molecule has 88 valence electrons. The Labute approximate surface area is 94.5 Å². The summed E-state index contributed by atoms with van der Waals surface area (Å²) in [6, 6.07) is 0.247. The van der Waals surface area contributed by atoms with Crippen molar-refractivity contribution in [3.05, 3.63) is 11.8 Å². The van der Waals surface area contributed by atoms with Crippen molar-refractivity contribution in [1.29, 1.82) is 0 Å². The molecule has 1 unspecified atom stereocenters. The van der Waals surface area contributed by atoms with Gasteiger partial charge >= 0.3 is 5.97 Å². The highest BCUT2D eigenvalue weighted by atomic mass is 16.4. The topological polar surface area (TPSA) is 67.2 Å². The average Bonchev–Trinajstić information content (AvgIpc) is 2.58. The predicted molar refractivity (Wildman–Crippen MR) is 60.8 cm³/mol. The number of hydrogen-bond donors (Lipinski definition) is 2. The third-order valence-electron chi connectivity index (χ3n) is 3.03. The molecule has 5 nitrogen and oxygen atoms in total. The smallest absolute Gasteiger partial charge is 0.341 e. The summed E-state index contributed by atoms with van der Waals surface area (Å²) in [5.41, 5.74) is 0.340. The summed E-state index contributed by atoms with van der Waals surface area (Å²) in [7, 11) is 0. The Balaban J connectivity index is 2.45. The predicted octanol–water partition coefficient (Wildman–Crippen LogP) is 1.98. The van der Waals surface area contributed by atoms with Crippen molar-refractivity contribution in [3.63, 3.8) is 0 Å². The second-order valence-electron chi connectivity index (χ2n) is 5.25. The molecule has 1 aliphatic rings. The highest BCUT2D eigenvalue weighted by Gasteiger charge is 2.33. The second kappa shape index (κ2) is 3.50. The molecule has 0 fully saturated rings. The molecule has 2 N–H and O–H groups in total. The van der Waals surface area contributed by atoms with Gasteiger partial charge in [-0.05, 0) is 11.8 Å². The number of fused-ring (bicyclic) bond motifs is 1. The maximum absolute atomic E-state index is 11.0. The van der Waals surface area contributed by atoms with E-state index < -0.39 is 5.97 Å². The molecule has 0 bridgehead atoms. The number of aromatic carboxylic acids is 1. The van der Waals surface area contributed by atoms with Crippen LogP contribution in [0.25, 0.3) is 0 Å². The standard InChI is InChI=1S/C11H17N3O2/c1-11(2,3)8-4-5-12-9-7(10(15)16)6-13-14(8)9/h6,8,12H,4-5H2,1-3H3,(H,15,16). The summed E-state index contributed by atoms with van der Waals surface area (Å²) in [5.74, 6) is -0.290. The number of carbonyl (C=O) groups is 1. The van der Waals surface area contributed by atoms with Crippen LogP contribution in [0.1, 0.15) is 43.6 Å².